The summed E-state index contributed by atoms with van der Waals surface area (Å²) in [5, 5.41) is 20.6. The molecule has 2 aliphatic heterocycles. The molecule has 1 aliphatic carbocycles. The Kier molecular flexibility index (Phi) is 5.23. The van der Waals surface area contributed by atoms with Gasteiger partial charge in [0.25, 0.3) is 0 Å². The van der Waals surface area contributed by atoms with Crippen molar-refractivity contribution in [2.75, 3.05) is 19.8 Å². The van der Waals surface area contributed by atoms with E-state index in [0.717, 1.165) is 0 Å². The maximum absolute atomic E-state index is 10.3. The maximum atomic E-state index is 10.3. The van der Waals surface area contributed by atoms with Gasteiger partial charge in [-0.05, 0) is 30.2 Å². The molecular weight excluding hydrogens is 360 g/mol. The Morgan fingerprint density at radius 1 is 1.23 bits per heavy atom. The lowest BCUT2D eigenvalue weighted by Crippen LogP contribution is -2.35. The number of aliphatic hydroxyl groups excluding tert-OH is 2. The highest BCUT2D eigenvalue weighted by Crippen LogP contribution is 2.43. The lowest BCUT2D eigenvalue weighted by atomic mass is 9.91. The summed E-state index contributed by atoms with van der Waals surface area (Å²) in [6.45, 7) is 1.13. The molecule has 3 aliphatic rings. The van der Waals surface area contributed by atoms with E-state index < -0.39 is 18.2 Å². The van der Waals surface area contributed by atoms with Crippen LogP contribution in [-0.2, 0) is 14.2 Å². The van der Waals surface area contributed by atoms with Crippen molar-refractivity contribution in [2.45, 2.75) is 37.1 Å². The van der Waals surface area contributed by atoms with E-state index >= 15 is 0 Å². The van der Waals surface area contributed by atoms with Crippen molar-refractivity contribution in [3.63, 3.8) is 0 Å². The third kappa shape index (κ3) is 3.76. The summed E-state index contributed by atoms with van der Waals surface area (Å²) in [5.41, 5.74) is 0. The van der Waals surface area contributed by atoms with Crippen LogP contribution in [-0.4, -0.2) is 54.3 Å². The summed E-state index contributed by atoms with van der Waals surface area (Å²) in [6.07, 6.45) is 3.47. The second-order valence-corrected chi connectivity index (χ2v) is 7.46. The van der Waals surface area contributed by atoms with Crippen molar-refractivity contribution in [3.8, 4) is 5.75 Å². The predicted molar refractivity (Wildman–Crippen MR) is 93.8 cm³/mol. The van der Waals surface area contributed by atoms with Gasteiger partial charge in [-0.1, -0.05) is 23.7 Å². The van der Waals surface area contributed by atoms with Gasteiger partial charge in [-0.2, -0.15) is 0 Å². The maximum Gasteiger partial charge on any atom is 0.223 e. The molecule has 0 radical (unpaired) electrons. The number of halogens is 1. The highest BCUT2D eigenvalue weighted by Gasteiger charge is 2.48. The predicted octanol–water partition coefficient (Wildman–Crippen LogP) is 2.12. The Morgan fingerprint density at radius 3 is 2.81 bits per heavy atom. The van der Waals surface area contributed by atoms with Crippen LogP contribution in [0.2, 0.25) is 5.02 Å². The van der Waals surface area contributed by atoms with E-state index in [-0.39, 0.29) is 24.5 Å². The average Bonchev–Trinajstić information content (AvgIpc) is 3.27. The average molecular weight is 383 g/mol. The van der Waals surface area contributed by atoms with Crippen molar-refractivity contribution >= 4 is 11.6 Å². The van der Waals surface area contributed by atoms with Crippen LogP contribution in [0, 0.1) is 11.8 Å². The van der Waals surface area contributed by atoms with Gasteiger partial charge in [0.1, 0.15) is 12.4 Å². The molecule has 4 rings (SSSR count). The molecule has 3 fully saturated rings. The molecule has 1 aromatic carbocycles. The second kappa shape index (κ2) is 7.46. The third-order valence-electron chi connectivity index (χ3n) is 5.28. The highest BCUT2D eigenvalue weighted by molar-refractivity contribution is 6.30. The first kappa shape index (κ1) is 18.2. The van der Waals surface area contributed by atoms with Gasteiger partial charge in [-0.3, -0.25) is 0 Å². The number of hydrogen-bond donors (Lipinski definition) is 2. The van der Waals surface area contributed by atoms with Gasteiger partial charge in [0.2, 0.25) is 5.79 Å². The van der Waals surface area contributed by atoms with Crippen molar-refractivity contribution in [1.29, 1.82) is 0 Å². The Hall–Kier alpha value is -1.15. The zero-order chi connectivity index (χ0) is 18.1. The van der Waals surface area contributed by atoms with Crippen LogP contribution in [0.4, 0.5) is 0 Å². The van der Waals surface area contributed by atoms with E-state index in [1.807, 2.05) is 24.3 Å². The first-order chi connectivity index (χ1) is 12.5. The minimum absolute atomic E-state index is 0.0984. The number of hydrogen-bond acceptors (Lipinski definition) is 6. The summed E-state index contributed by atoms with van der Waals surface area (Å²) in [6, 6.07) is 7.15. The molecule has 1 aromatic rings. The van der Waals surface area contributed by atoms with Crippen LogP contribution in [0.25, 0.3) is 0 Å². The summed E-state index contributed by atoms with van der Waals surface area (Å²) in [5.74, 6) is -0.354. The molecule has 0 amide bonds. The van der Waals surface area contributed by atoms with Crippen LogP contribution in [0.3, 0.4) is 0 Å². The zero-order valence-corrected chi connectivity index (χ0v) is 15.0. The standard InChI is InChI=1S/C19H23ClO6/c20-12-2-1-3-13(8-12)23-11-19(24-6-7-25-19)5-4-14-15-9-18(22)26-17(15)10-16(14)21/h1-5,8,14-18,21-22H,6-7,9-11H2/b5-4+/t14-,15-,16-,17+,18?/m1/s1. The summed E-state index contributed by atoms with van der Waals surface area (Å²) in [4.78, 5) is 0. The Labute approximate surface area is 157 Å². The number of fused-ring (bicyclic) bond motifs is 1. The molecular formula is C19H23ClO6. The molecule has 7 heteroatoms. The smallest absolute Gasteiger partial charge is 0.223 e. The molecule has 26 heavy (non-hydrogen) atoms. The topological polar surface area (TPSA) is 77.4 Å². The fourth-order valence-corrected chi connectivity index (χ4v) is 4.21. The molecule has 1 unspecified atom stereocenters. The summed E-state index contributed by atoms with van der Waals surface area (Å²) >= 11 is 5.99. The summed E-state index contributed by atoms with van der Waals surface area (Å²) in [7, 11) is 0. The fraction of sp³-hybridized carbons (Fsp3) is 0.579. The summed E-state index contributed by atoms with van der Waals surface area (Å²) < 4.78 is 22.8. The van der Waals surface area contributed by atoms with Crippen molar-refractivity contribution in [3.05, 3.63) is 41.4 Å². The molecule has 0 bridgehead atoms. The molecule has 1 saturated carbocycles. The number of benzene rings is 1. The molecule has 0 spiro atoms. The molecule has 142 valence electrons. The van der Waals surface area contributed by atoms with Gasteiger partial charge in [0, 0.05) is 23.8 Å². The van der Waals surface area contributed by atoms with Crippen molar-refractivity contribution < 1.29 is 29.2 Å². The molecule has 2 saturated heterocycles. The van der Waals surface area contributed by atoms with Crippen LogP contribution >= 0.6 is 11.6 Å². The highest BCUT2D eigenvalue weighted by atomic mass is 35.5. The monoisotopic (exact) mass is 382 g/mol. The fourth-order valence-electron chi connectivity index (χ4n) is 4.03. The Bertz CT molecular complexity index is 659. The second-order valence-electron chi connectivity index (χ2n) is 7.02. The van der Waals surface area contributed by atoms with E-state index in [2.05, 4.69) is 0 Å². The molecule has 6 nitrogen and oxygen atoms in total. The third-order valence-corrected chi connectivity index (χ3v) is 5.52. The lowest BCUT2D eigenvalue weighted by Gasteiger charge is -2.25. The van der Waals surface area contributed by atoms with E-state index in [4.69, 9.17) is 30.5 Å². The van der Waals surface area contributed by atoms with Gasteiger partial charge in [0.15, 0.2) is 6.29 Å². The number of aliphatic hydroxyl groups is 2. The van der Waals surface area contributed by atoms with Crippen LogP contribution in [0.1, 0.15) is 12.8 Å². The largest absolute Gasteiger partial charge is 0.488 e. The molecule has 0 aromatic heterocycles. The lowest BCUT2D eigenvalue weighted by molar-refractivity contribution is -0.139. The molecule has 2 heterocycles. The van der Waals surface area contributed by atoms with Gasteiger partial charge in [-0.15, -0.1) is 0 Å². The minimum Gasteiger partial charge on any atom is -0.488 e. The molecule has 5 atom stereocenters. The van der Waals surface area contributed by atoms with Crippen LogP contribution in [0.15, 0.2) is 36.4 Å². The normalized spacial score (nSPS) is 35.9. The zero-order valence-electron chi connectivity index (χ0n) is 14.3. The first-order valence-electron chi connectivity index (χ1n) is 8.92. The Morgan fingerprint density at radius 2 is 2.04 bits per heavy atom. The van der Waals surface area contributed by atoms with E-state index in [1.165, 1.54) is 0 Å². The van der Waals surface area contributed by atoms with E-state index in [1.54, 1.807) is 12.1 Å². The first-order valence-corrected chi connectivity index (χ1v) is 9.30. The van der Waals surface area contributed by atoms with Crippen LogP contribution < -0.4 is 4.74 Å². The molecule has 2 N–H and O–H groups in total. The Balaban J connectivity index is 1.45. The minimum atomic E-state index is -0.988. The van der Waals surface area contributed by atoms with Crippen molar-refractivity contribution in [1.82, 2.24) is 0 Å². The van der Waals surface area contributed by atoms with E-state index in [0.29, 0.717) is 36.8 Å². The quantitative estimate of drug-likeness (QED) is 0.760. The van der Waals surface area contributed by atoms with Crippen LogP contribution in [0.5, 0.6) is 5.75 Å². The van der Waals surface area contributed by atoms with Gasteiger partial charge in [0.05, 0.1) is 25.4 Å². The van der Waals surface area contributed by atoms with Gasteiger partial charge >= 0.3 is 0 Å². The SMILES string of the molecule is OC1C[C@@H]2[C@@H](/C=C/C3(COc4cccc(Cl)c4)OCCO3)[C@H](O)C[C@@H]2O1. The van der Waals surface area contributed by atoms with Gasteiger partial charge in [-0.25, -0.2) is 0 Å². The van der Waals surface area contributed by atoms with E-state index in [9.17, 15) is 10.2 Å². The van der Waals surface area contributed by atoms with Gasteiger partial charge < -0.3 is 29.2 Å². The number of rotatable bonds is 5. The number of ether oxygens (including phenoxy) is 4. The van der Waals surface area contributed by atoms with Crippen molar-refractivity contribution in [2.24, 2.45) is 11.8 Å².